The SMILES string of the molecule is CC(=O)NCc1ccc([C@@H]2O[C@H](CN(Cc3ccccc3)Cc3ccccc3)[C@H](C)[C@H](c3ccc(CO)cc3)O2)cc1. The molecule has 4 atom stereocenters. The summed E-state index contributed by atoms with van der Waals surface area (Å²) < 4.78 is 13.4. The molecule has 1 aliphatic heterocycles. The molecular formula is C36H40N2O4. The molecule has 6 nitrogen and oxygen atoms in total. The molecule has 42 heavy (non-hydrogen) atoms. The Hall–Kier alpha value is -3.81. The Morgan fingerprint density at radius 3 is 1.83 bits per heavy atom. The van der Waals surface area contributed by atoms with E-state index in [9.17, 15) is 9.90 Å². The minimum Gasteiger partial charge on any atom is -0.392 e. The van der Waals surface area contributed by atoms with Crippen LogP contribution in [0.15, 0.2) is 109 Å². The van der Waals surface area contributed by atoms with E-state index >= 15 is 0 Å². The number of ether oxygens (including phenoxy) is 2. The predicted octanol–water partition coefficient (Wildman–Crippen LogP) is 6.31. The van der Waals surface area contributed by atoms with Crippen LogP contribution in [0.25, 0.3) is 0 Å². The second kappa shape index (κ2) is 14.4. The van der Waals surface area contributed by atoms with E-state index in [1.54, 1.807) is 0 Å². The topological polar surface area (TPSA) is 71.0 Å². The van der Waals surface area contributed by atoms with Crippen molar-refractivity contribution in [2.45, 2.75) is 58.6 Å². The predicted molar refractivity (Wildman–Crippen MR) is 164 cm³/mol. The maximum atomic E-state index is 11.4. The van der Waals surface area contributed by atoms with Gasteiger partial charge in [0.25, 0.3) is 0 Å². The second-order valence-corrected chi connectivity index (χ2v) is 11.1. The van der Waals surface area contributed by atoms with Gasteiger partial charge in [-0.1, -0.05) is 116 Å². The number of hydrogen-bond acceptors (Lipinski definition) is 5. The van der Waals surface area contributed by atoms with Crippen molar-refractivity contribution in [3.05, 3.63) is 143 Å². The lowest BCUT2D eigenvalue weighted by Crippen LogP contribution is -2.44. The third-order valence-electron chi connectivity index (χ3n) is 7.85. The molecule has 6 heteroatoms. The van der Waals surface area contributed by atoms with Crippen LogP contribution in [0.5, 0.6) is 0 Å². The fourth-order valence-corrected chi connectivity index (χ4v) is 5.47. The Kier molecular flexibility index (Phi) is 10.2. The molecule has 0 radical (unpaired) electrons. The van der Waals surface area contributed by atoms with E-state index in [4.69, 9.17) is 9.47 Å². The first kappa shape index (κ1) is 29.7. The number of carbonyl (C=O) groups excluding carboxylic acids is 1. The number of aliphatic hydroxyl groups excluding tert-OH is 1. The summed E-state index contributed by atoms with van der Waals surface area (Å²) >= 11 is 0. The van der Waals surface area contributed by atoms with Crippen molar-refractivity contribution in [2.24, 2.45) is 5.92 Å². The van der Waals surface area contributed by atoms with Crippen molar-refractivity contribution < 1.29 is 19.4 Å². The van der Waals surface area contributed by atoms with Crippen molar-refractivity contribution in [3.63, 3.8) is 0 Å². The lowest BCUT2D eigenvalue weighted by atomic mass is 9.89. The maximum Gasteiger partial charge on any atom is 0.217 e. The molecule has 218 valence electrons. The van der Waals surface area contributed by atoms with Crippen LogP contribution >= 0.6 is 0 Å². The number of nitrogens with zero attached hydrogens (tertiary/aromatic N) is 1. The van der Waals surface area contributed by atoms with Gasteiger partial charge in [-0.3, -0.25) is 9.69 Å². The van der Waals surface area contributed by atoms with Crippen molar-refractivity contribution in [3.8, 4) is 0 Å². The fraction of sp³-hybridized carbons (Fsp3) is 0.306. The first-order chi connectivity index (χ1) is 20.5. The Labute approximate surface area is 248 Å². The Morgan fingerprint density at radius 1 is 0.738 bits per heavy atom. The van der Waals surface area contributed by atoms with E-state index in [0.29, 0.717) is 6.54 Å². The quantitative estimate of drug-likeness (QED) is 0.223. The van der Waals surface area contributed by atoms with Crippen LogP contribution in [0.2, 0.25) is 0 Å². The van der Waals surface area contributed by atoms with Gasteiger partial charge in [-0.15, -0.1) is 0 Å². The molecular weight excluding hydrogens is 524 g/mol. The van der Waals surface area contributed by atoms with Crippen LogP contribution < -0.4 is 5.32 Å². The third kappa shape index (κ3) is 7.93. The normalized spacial score (nSPS) is 20.4. The standard InChI is InChI=1S/C36H40N2O4/c1-26-34(24-38(22-29-9-5-3-6-10-29)23-30-11-7-4-8-12-30)41-36(33-19-13-28(14-20-33)21-37-27(2)40)42-35(26)32-17-15-31(25-39)16-18-32/h3-20,26,34-36,39H,21-25H2,1-2H3,(H,37,40)/t26-,34+,35+,36+/m0/s1. The van der Waals surface area contributed by atoms with Crippen LogP contribution in [-0.4, -0.2) is 28.6 Å². The number of benzene rings is 4. The average Bonchev–Trinajstić information content (AvgIpc) is 3.02. The molecule has 5 rings (SSSR count). The summed E-state index contributed by atoms with van der Waals surface area (Å²) in [6, 6.07) is 37.2. The summed E-state index contributed by atoms with van der Waals surface area (Å²) in [6.07, 6.45) is -0.826. The number of carbonyl (C=O) groups is 1. The van der Waals surface area contributed by atoms with Gasteiger partial charge in [-0.05, 0) is 27.8 Å². The van der Waals surface area contributed by atoms with Crippen LogP contribution in [0, 0.1) is 5.92 Å². The van der Waals surface area contributed by atoms with Crippen LogP contribution in [0.1, 0.15) is 59.6 Å². The maximum absolute atomic E-state index is 11.4. The Balaban J connectivity index is 1.41. The molecule has 1 saturated heterocycles. The average molecular weight is 565 g/mol. The number of amides is 1. The Morgan fingerprint density at radius 2 is 1.29 bits per heavy atom. The minimum atomic E-state index is -0.543. The molecule has 0 aromatic heterocycles. The summed E-state index contributed by atoms with van der Waals surface area (Å²) in [4.78, 5) is 13.8. The molecule has 4 aromatic carbocycles. The van der Waals surface area contributed by atoms with E-state index in [1.807, 2.05) is 60.7 Å². The van der Waals surface area contributed by atoms with Gasteiger partial charge in [-0.25, -0.2) is 0 Å². The van der Waals surface area contributed by atoms with Gasteiger partial charge in [0, 0.05) is 44.6 Å². The highest BCUT2D eigenvalue weighted by Gasteiger charge is 2.39. The lowest BCUT2D eigenvalue weighted by molar-refractivity contribution is -0.276. The molecule has 1 amide bonds. The molecule has 1 fully saturated rings. The van der Waals surface area contributed by atoms with E-state index in [-0.39, 0.29) is 30.6 Å². The van der Waals surface area contributed by atoms with Crippen molar-refractivity contribution >= 4 is 5.91 Å². The smallest absolute Gasteiger partial charge is 0.217 e. The van der Waals surface area contributed by atoms with E-state index in [2.05, 4.69) is 65.7 Å². The number of hydrogen-bond donors (Lipinski definition) is 2. The number of nitrogens with one attached hydrogen (secondary N) is 1. The highest BCUT2D eigenvalue weighted by atomic mass is 16.7. The summed E-state index contributed by atoms with van der Waals surface area (Å²) in [7, 11) is 0. The zero-order chi connectivity index (χ0) is 29.3. The van der Waals surface area contributed by atoms with E-state index in [0.717, 1.165) is 41.9 Å². The minimum absolute atomic E-state index is 0.00842. The van der Waals surface area contributed by atoms with E-state index < -0.39 is 6.29 Å². The molecule has 0 bridgehead atoms. The van der Waals surface area contributed by atoms with Crippen molar-refractivity contribution in [1.82, 2.24) is 10.2 Å². The van der Waals surface area contributed by atoms with Gasteiger partial charge in [0.1, 0.15) is 0 Å². The molecule has 2 N–H and O–H groups in total. The first-order valence-electron chi connectivity index (χ1n) is 14.6. The summed E-state index contributed by atoms with van der Waals surface area (Å²) in [5.74, 6) is 0.0229. The number of aliphatic hydroxyl groups is 1. The molecule has 0 unspecified atom stereocenters. The van der Waals surface area contributed by atoms with Crippen molar-refractivity contribution in [2.75, 3.05) is 6.54 Å². The van der Waals surface area contributed by atoms with Crippen LogP contribution in [-0.2, 0) is 40.5 Å². The molecule has 1 heterocycles. The summed E-state index contributed by atoms with van der Waals surface area (Å²) in [6.45, 7) is 6.56. The zero-order valence-corrected chi connectivity index (χ0v) is 24.4. The summed E-state index contributed by atoms with van der Waals surface area (Å²) in [5, 5.41) is 12.4. The van der Waals surface area contributed by atoms with Gasteiger partial charge < -0.3 is 19.9 Å². The molecule has 1 aliphatic rings. The largest absolute Gasteiger partial charge is 0.392 e. The van der Waals surface area contributed by atoms with Gasteiger partial charge in [0.15, 0.2) is 6.29 Å². The summed E-state index contributed by atoms with van der Waals surface area (Å²) in [5.41, 5.74) is 6.41. The van der Waals surface area contributed by atoms with E-state index in [1.165, 1.54) is 18.1 Å². The zero-order valence-electron chi connectivity index (χ0n) is 24.4. The Bertz CT molecular complexity index is 1350. The highest BCUT2D eigenvalue weighted by molar-refractivity contribution is 5.72. The first-order valence-corrected chi connectivity index (χ1v) is 14.6. The monoisotopic (exact) mass is 564 g/mol. The third-order valence-corrected chi connectivity index (χ3v) is 7.85. The van der Waals surface area contributed by atoms with Gasteiger partial charge in [0.05, 0.1) is 18.8 Å². The molecule has 0 spiro atoms. The lowest BCUT2D eigenvalue weighted by Gasteiger charge is -2.43. The molecule has 4 aromatic rings. The van der Waals surface area contributed by atoms with Crippen molar-refractivity contribution in [1.29, 1.82) is 0 Å². The fourth-order valence-electron chi connectivity index (χ4n) is 5.47. The van der Waals surface area contributed by atoms with Gasteiger partial charge in [-0.2, -0.15) is 0 Å². The van der Waals surface area contributed by atoms with Gasteiger partial charge in [0.2, 0.25) is 5.91 Å². The second-order valence-electron chi connectivity index (χ2n) is 11.1. The van der Waals surface area contributed by atoms with Gasteiger partial charge >= 0.3 is 0 Å². The van der Waals surface area contributed by atoms with Crippen LogP contribution in [0.4, 0.5) is 0 Å². The number of rotatable bonds is 11. The van der Waals surface area contributed by atoms with Crippen LogP contribution in [0.3, 0.4) is 0 Å². The molecule has 0 aliphatic carbocycles. The molecule has 0 saturated carbocycles. The highest BCUT2D eigenvalue weighted by Crippen LogP contribution is 2.42.